The number of hydrogen-bond acceptors (Lipinski definition) is 2. The van der Waals surface area contributed by atoms with E-state index in [1.54, 1.807) is 18.2 Å². The number of halogens is 1. The first-order chi connectivity index (χ1) is 9.70. The fourth-order valence-corrected chi connectivity index (χ4v) is 2.39. The van der Waals surface area contributed by atoms with Crippen LogP contribution in [0.5, 0.6) is 0 Å². The molecule has 0 saturated carbocycles. The van der Waals surface area contributed by atoms with E-state index in [1.807, 2.05) is 29.8 Å². The summed E-state index contributed by atoms with van der Waals surface area (Å²) in [6.45, 7) is 2.16. The number of nitrogens with zero attached hydrogens (tertiary/aromatic N) is 1. The highest BCUT2D eigenvalue weighted by Crippen LogP contribution is 2.31. The van der Waals surface area contributed by atoms with Crippen molar-refractivity contribution in [3.05, 3.63) is 59.4 Å². The van der Waals surface area contributed by atoms with E-state index in [9.17, 15) is 9.18 Å². The lowest BCUT2D eigenvalue weighted by Gasteiger charge is -2.04. The van der Waals surface area contributed by atoms with Crippen molar-refractivity contribution in [3.8, 4) is 0 Å². The second-order valence-electron chi connectivity index (χ2n) is 4.48. The molecule has 1 heterocycles. The summed E-state index contributed by atoms with van der Waals surface area (Å²) in [4.78, 5) is 11.6. The average molecular weight is 270 g/mol. The number of carbonyl (C=O) groups is 1. The molecule has 100 valence electrons. The number of cyclic esters (lactones) is 1. The zero-order valence-electron chi connectivity index (χ0n) is 11.0. The van der Waals surface area contributed by atoms with Gasteiger partial charge in [-0.15, -0.1) is 0 Å². The fourth-order valence-electron chi connectivity index (χ4n) is 2.39. The van der Waals surface area contributed by atoms with Crippen LogP contribution in [0.15, 0.2) is 42.5 Å². The third kappa shape index (κ3) is 1.99. The molecule has 1 aliphatic rings. The zero-order chi connectivity index (χ0) is 14.1. The Kier molecular flexibility index (Phi) is 3.06. The molecule has 3 rings (SSSR count). The Labute approximate surface area is 115 Å². The van der Waals surface area contributed by atoms with Crippen LogP contribution in [0.2, 0.25) is 0 Å². The molecule has 20 heavy (non-hydrogen) atoms. The minimum Gasteiger partial charge on any atom is -0.457 e. The van der Waals surface area contributed by atoms with Gasteiger partial charge in [0, 0.05) is 25.1 Å². The summed E-state index contributed by atoms with van der Waals surface area (Å²) in [5, 5.41) is 0. The number of benzene rings is 2. The van der Waals surface area contributed by atoms with Crippen molar-refractivity contribution in [1.29, 1.82) is 0 Å². The van der Waals surface area contributed by atoms with E-state index in [-0.39, 0.29) is 18.4 Å². The topological polar surface area (TPSA) is 29.3 Å². The Morgan fingerprint density at radius 1 is 1.20 bits per heavy atom. The van der Waals surface area contributed by atoms with Gasteiger partial charge in [-0.2, -0.15) is 4.58 Å². The Bertz CT molecular complexity index is 705. The van der Waals surface area contributed by atoms with Crippen LogP contribution in [0.4, 0.5) is 15.8 Å². The van der Waals surface area contributed by atoms with Gasteiger partial charge in [0.15, 0.2) is 0 Å². The van der Waals surface area contributed by atoms with E-state index in [4.69, 9.17) is 4.74 Å². The summed E-state index contributed by atoms with van der Waals surface area (Å²) in [5.74, 6) is -0.571. The molecule has 2 aromatic carbocycles. The van der Waals surface area contributed by atoms with E-state index in [1.165, 1.54) is 12.1 Å². The van der Waals surface area contributed by atoms with Crippen LogP contribution >= 0.6 is 0 Å². The monoisotopic (exact) mass is 270 g/mol. The van der Waals surface area contributed by atoms with Crippen molar-refractivity contribution in [2.24, 2.45) is 0 Å². The molecule has 0 atom stereocenters. The predicted octanol–water partition coefficient (Wildman–Crippen LogP) is 3.42. The van der Waals surface area contributed by atoms with Gasteiger partial charge in [0.25, 0.3) is 0 Å². The molecule has 0 bridgehead atoms. The van der Waals surface area contributed by atoms with Crippen LogP contribution in [-0.2, 0) is 11.3 Å². The lowest BCUT2D eigenvalue weighted by molar-refractivity contribution is 0.0535. The van der Waals surface area contributed by atoms with E-state index in [0.717, 1.165) is 16.9 Å². The highest BCUT2D eigenvalue weighted by Gasteiger charge is 2.29. The van der Waals surface area contributed by atoms with Crippen molar-refractivity contribution in [3.63, 3.8) is 0 Å². The Hall–Kier alpha value is -2.49. The number of esters is 1. The smallest absolute Gasteiger partial charge is 0.339 e. The molecule has 0 fully saturated rings. The van der Waals surface area contributed by atoms with Gasteiger partial charge in [-0.05, 0) is 18.2 Å². The molecule has 0 spiro atoms. The number of fused-ring (bicyclic) bond motifs is 1. The molecule has 3 nitrogen and oxygen atoms in total. The van der Waals surface area contributed by atoms with Crippen molar-refractivity contribution in [2.75, 3.05) is 0 Å². The first-order valence-electron chi connectivity index (χ1n) is 6.34. The Balaban J connectivity index is 2.12. The van der Waals surface area contributed by atoms with Gasteiger partial charge >= 0.3 is 5.97 Å². The molecule has 4 heteroatoms. The van der Waals surface area contributed by atoms with Crippen LogP contribution in [0.3, 0.4) is 0 Å². The third-order valence-electron chi connectivity index (χ3n) is 3.34. The largest absolute Gasteiger partial charge is 0.457 e. The van der Waals surface area contributed by atoms with Crippen LogP contribution in [0, 0.1) is 5.82 Å². The van der Waals surface area contributed by atoms with Crippen molar-refractivity contribution < 1.29 is 13.9 Å². The average Bonchev–Trinajstić information content (AvgIpc) is 2.84. The van der Waals surface area contributed by atoms with Gasteiger partial charge in [0.1, 0.15) is 18.6 Å². The molecule has 1 aliphatic heterocycles. The second-order valence-corrected chi connectivity index (χ2v) is 4.48. The van der Waals surface area contributed by atoms with E-state index >= 15 is 0 Å². The molecular formula is C16H13FNO2+. The van der Waals surface area contributed by atoms with E-state index < -0.39 is 0 Å². The van der Waals surface area contributed by atoms with Gasteiger partial charge < -0.3 is 4.74 Å². The standard InChI is InChI=1S/C16H13FNO2/c1-2-18(12-8-6-11(17)7-9-12)15-5-3-4-13-14(15)10-20-16(13)19/h2-9H,10H2,1H3/q+1. The van der Waals surface area contributed by atoms with Crippen LogP contribution in [0.1, 0.15) is 22.8 Å². The van der Waals surface area contributed by atoms with Gasteiger partial charge in [0.2, 0.25) is 11.4 Å². The Morgan fingerprint density at radius 2 is 1.95 bits per heavy atom. The van der Waals surface area contributed by atoms with Crippen LogP contribution < -0.4 is 4.58 Å². The number of rotatable bonds is 2. The minimum absolute atomic E-state index is 0.274. The van der Waals surface area contributed by atoms with Crippen LogP contribution in [0.25, 0.3) is 0 Å². The third-order valence-corrected chi connectivity index (χ3v) is 3.34. The summed E-state index contributed by atoms with van der Waals surface area (Å²) < 4.78 is 20.0. The van der Waals surface area contributed by atoms with E-state index in [0.29, 0.717) is 5.56 Å². The van der Waals surface area contributed by atoms with Crippen molar-refractivity contribution in [1.82, 2.24) is 4.58 Å². The normalized spacial score (nSPS) is 14.1. The second kappa shape index (κ2) is 4.89. The molecular weight excluding hydrogens is 257 g/mol. The number of carbonyl (C=O) groups excluding carboxylic acids is 1. The molecule has 0 unspecified atom stereocenters. The first kappa shape index (κ1) is 12.5. The highest BCUT2D eigenvalue weighted by molar-refractivity contribution is 5.95. The van der Waals surface area contributed by atoms with Crippen molar-refractivity contribution >= 4 is 23.6 Å². The van der Waals surface area contributed by atoms with Gasteiger partial charge in [-0.25, -0.2) is 9.18 Å². The first-order valence-corrected chi connectivity index (χ1v) is 6.34. The van der Waals surface area contributed by atoms with Crippen molar-refractivity contribution in [2.45, 2.75) is 13.5 Å². The quantitative estimate of drug-likeness (QED) is 0.475. The maximum Gasteiger partial charge on any atom is 0.339 e. The summed E-state index contributed by atoms with van der Waals surface area (Å²) in [7, 11) is 0. The summed E-state index contributed by atoms with van der Waals surface area (Å²) >= 11 is 0. The van der Waals surface area contributed by atoms with Gasteiger partial charge in [-0.1, -0.05) is 6.07 Å². The fraction of sp³-hybridized carbons (Fsp3) is 0.125. The summed E-state index contributed by atoms with van der Waals surface area (Å²) in [6.07, 6.45) is 1.88. The molecule has 0 saturated heterocycles. The molecule has 2 aromatic rings. The highest BCUT2D eigenvalue weighted by atomic mass is 19.1. The lowest BCUT2D eigenvalue weighted by Crippen LogP contribution is -2.07. The lowest BCUT2D eigenvalue weighted by atomic mass is 10.1. The summed E-state index contributed by atoms with van der Waals surface area (Å²) in [5.41, 5.74) is 3.17. The number of hydrogen-bond donors (Lipinski definition) is 0. The predicted molar refractivity (Wildman–Crippen MR) is 75.2 cm³/mol. The van der Waals surface area contributed by atoms with Gasteiger partial charge in [-0.3, -0.25) is 0 Å². The zero-order valence-corrected chi connectivity index (χ0v) is 11.0. The minimum atomic E-state index is -0.294. The van der Waals surface area contributed by atoms with E-state index in [2.05, 4.69) is 0 Å². The summed E-state index contributed by atoms with van der Waals surface area (Å²) in [6, 6.07) is 11.7. The molecule has 0 amide bonds. The Morgan fingerprint density at radius 3 is 2.65 bits per heavy atom. The molecule has 0 radical (unpaired) electrons. The van der Waals surface area contributed by atoms with Gasteiger partial charge in [0.05, 0.1) is 11.1 Å². The molecule has 0 aliphatic carbocycles. The molecule has 0 N–H and O–H groups in total. The number of ether oxygens (including phenoxy) is 1. The SMILES string of the molecule is CC=[N+](c1ccc(F)cc1)c1cccc2c1COC2=O. The van der Waals surface area contributed by atoms with Crippen LogP contribution in [-0.4, -0.2) is 12.2 Å². The maximum absolute atomic E-state index is 13.0. The molecule has 0 aromatic heterocycles. The maximum atomic E-state index is 13.0.